The highest BCUT2D eigenvalue weighted by molar-refractivity contribution is 7.12. The third kappa shape index (κ3) is 3.88. The van der Waals surface area contributed by atoms with Gasteiger partial charge in [0.25, 0.3) is 0 Å². The largest absolute Gasteiger partial charge is 0.493 e. The molecule has 2 aromatic carbocycles. The van der Waals surface area contributed by atoms with Crippen LogP contribution in [0, 0.1) is 0 Å². The number of benzene rings is 2. The van der Waals surface area contributed by atoms with Crippen molar-refractivity contribution in [1.29, 1.82) is 0 Å². The summed E-state index contributed by atoms with van der Waals surface area (Å²) in [6.07, 6.45) is 0. The van der Waals surface area contributed by atoms with Crippen molar-refractivity contribution in [2.24, 2.45) is 0 Å². The van der Waals surface area contributed by atoms with Gasteiger partial charge in [-0.15, -0.1) is 11.3 Å². The Morgan fingerprint density at radius 1 is 1.00 bits per heavy atom. The summed E-state index contributed by atoms with van der Waals surface area (Å²) in [6.45, 7) is 9.08. The number of ether oxygens (including phenoxy) is 1. The molecular formula is C23H24O2S. The molecule has 26 heavy (non-hydrogen) atoms. The van der Waals surface area contributed by atoms with E-state index in [-0.39, 0.29) is 11.2 Å². The molecule has 3 aromatic rings. The summed E-state index contributed by atoms with van der Waals surface area (Å²) in [7, 11) is 0. The molecule has 0 saturated heterocycles. The third-order valence-electron chi connectivity index (χ3n) is 4.35. The fourth-order valence-corrected chi connectivity index (χ4v) is 3.55. The first-order valence-electron chi connectivity index (χ1n) is 8.86. The van der Waals surface area contributed by atoms with E-state index in [0.29, 0.717) is 17.9 Å². The van der Waals surface area contributed by atoms with Gasteiger partial charge in [0.05, 0.1) is 17.0 Å². The zero-order chi connectivity index (χ0) is 18.7. The summed E-state index contributed by atoms with van der Waals surface area (Å²) in [6, 6.07) is 18.2. The van der Waals surface area contributed by atoms with Crippen molar-refractivity contribution in [3.05, 3.63) is 76.0 Å². The molecule has 0 N–H and O–H groups in total. The second-order valence-corrected chi connectivity index (χ2v) is 8.23. The topological polar surface area (TPSA) is 26.3 Å². The van der Waals surface area contributed by atoms with Crippen LogP contribution in [0.4, 0.5) is 0 Å². The molecule has 0 unspecified atom stereocenters. The molecule has 0 atom stereocenters. The minimum Gasteiger partial charge on any atom is -0.493 e. The Kier molecular flexibility index (Phi) is 5.28. The highest BCUT2D eigenvalue weighted by Gasteiger charge is 2.18. The monoisotopic (exact) mass is 364 g/mol. The van der Waals surface area contributed by atoms with Gasteiger partial charge in [0.1, 0.15) is 5.75 Å². The Bertz CT molecular complexity index is 885. The highest BCUT2D eigenvalue weighted by Crippen LogP contribution is 2.31. The van der Waals surface area contributed by atoms with Crippen molar-refractivity contribution >= 4 is 17.1 Å². The molecule has 1 heterocycles. The lowest BCUT2D eigenvalue weighted by molar-refractivity contribution is 0.103. The lowest BCUT2D eigenvalue weighted by Crippen LogP contribution is -2.10. The minimum absolute atomic E-state index is 0.0108. The van der Waals surface area contributed by atoms with E-state index in [0.717, 1.165) is 16.0 Å². The molecule has 2 nitrogen and oxygen atoms in total. The maximum Gasteiger partial charge on any atom is 0.206 e. The molecular weight excluding hydrogens is 340 g/mol. The van der Waals surface area contributed by atoms with Gasteiger partial charge >= 0.3 is 0 Å². The van der Waals surface area contributed by atoms with Crippen LogP contribution in [0.2, 0.25) is 0 Å². The van der Waals surface area contributed by atoms with Gasteiger partial charge in [-0.25, -0.2) is 0 Å². The second kappa shape index (κ2) is 7.46. The van der Waals surface area contributed by atoms with Gasteiger partial charge in [-0.2, -0.15) is 0 Å². The Morgan fingerprint density at radius 2 is 1.69 bits per heavy atom. The van der Waals surface area contributed by atoms with Crippen LogP contribution in [-0.4, -0.2) is 12.4 Å². The van der Waals surface area contributed by atoms with Gasteiger partial charge in [0.2, 0.25) is 5.78 Å². The SMILES string of the molecule is CCOc1ccc(-c2ccc(C(C)(C)C)cc2)cc1C(=O)c1cccs1. The van der Waals surface area contributed by atoms with E-state index in [4.69, 9.17) is 4.74 Å². The van der Waals surface area contributed by atoms with Gasteiger partial charge in [0.15, 0.2) is 0 Å². The fraction of sp³-hybridized carbons (Fsp3) is 0.261. The minimum atomic E-state index is 0.0108. The van der Waals surface area contributed by atoms with Crippen LogP contribution in [-0.2, 0) is 5.41 Å². The lowest BCUT2D eigenvalue weighted by atomic mass is 9.86. The van der Waals surface area contributed by atoms with Crippen molar-refractivity contribution < 1.29 is 9.53 Å². The number of hydrogen-bond acceptors (Lipinski definition) is 3. The summed E-state index contributed by atoms with van der Waals surface area (Å²) >= 11 is 1.45. The number of thiophene rings is 1. The summed E-state index contributed by atoms with van der Waals surface area (Å²) in [5.74, 6) is 0.651. The number of carbonyl (C=O) groups excluding carboxylic acids is 1. The fourth-order valence-electron chi connectivity index (χ4n) is 2.87. The van der Waals surface area contributed by atoms with E-state index in [1.807, 2.05) is 42.6 Å². The molecule has 3 rings (SSSR count). The maximum absolute atomic E-state index is 12.9. The van der Waals surface area contributed by atoms with Gasteiger partial charge in [-0.1, -0.05) is 57.2 Å². The predicted octanol–water partition coefficient (Wildman–Crippen LogP) is 6.34. The Hall–Kier alpha value is -2.39. The number of hydrogen-bond donors (Lipinski definition) is 0. The first-order chi connectivity index (χ1) is 12.4. The average Bonchev–Trinajstić information content (AvgIpc) is 3.16. The van der Waals surface area contributed by atoms with E-state index in [2.05, 4.69) is 45.0 Å². The molecule has 0 aliphatic heterocycles. The van der Waals surface area contributed by atoms with Crippen molar-refractivity contribution in [2.45, 2.75) is 33.1 Å². The van der Waals surface area contributed by atoms with E-state index < -0.39 is 0 Å². The van der Waals surface area contributed by atoms with Crippen LogP contribution in [0.3, 0.4) is 0 Å². The Balaban J connectivity index is 2.01. The molecule has 0 bridgehead atoms. The van der Waals surface area contributed by atoms with Crippen LogP contribution >= 0.6 is 11.3 Å². The summed E-state index contributed by atoms with van der Waals surface area (Å²) in [4.78, 5) is 13.6. The zero-order valence-corrected chi connectivity index (χ0v) is 16.5. The van der Waals surface area contributed by atoms with E-state index in [1.165, 1.54) is 16.9 Å². The number of ketones is 1. The van der Waals surface area contributed by atoms with Gasteiger partial charge in [-0.3, -0.25) is 4.79 Å². The Morgan fingerprint density at radius 3 is 2.27 bits per heavy atom. The van der Waals surface area contributed by atoms with Crippen molar-refractivity contribution in [3.8, 4) is 16.9 Å². The molecule has 0 radical (unpaired) electrons. The molecule has 3 heteroatoms. The smallest absolute Gasteiger partial charge is 0.206 e. The summed E-state index contributed by atoms with van der Waals surface area (Å²) in [5, 5.41) is 1.92. The predicted molar refractivity (Wildman–Crippen MR) is 109 cm³/mol. The van der Waals surface area contributed by atoms with Crippen molar-refractivity contribution in [1.82, 2.24) is 0 Å². The van der Waals surface area contributed by atoms with Gasteiger partial charge < -0.3 is 4.74 Å². The molecule has 0 fully saturated rings. The number of rotatable bonds is 5. The summed E-state index contributed by atoms with van der Waals surface area (Å²) in [5.41, 5.74) is 4.15. The quantitative estimate of drug-likeness (QED) is 0.494. The van der Waals surface area contributed by atoms with Crippen molar-refractivity contribution in [3.63, 3.8) is 0 Å². The number of carbonyl (C=O) groups is 1. The van der Waals surface area contributed by atoms with Crippen molar-refractivity contribution in [2.75, 3.05) is 6.61 Å². The molecule has 0 aliphatic rings. The highest BCUT2D eigenvalue weighted by atomic mass is 32.1. The second-order valence-electron chi connectivity index (χ2n) is 7.28. The van der Waals surface area contributed by atoms with Crippen LogP contribution in [0.25, 0.3) is 11.1 Å². The third-order valence-corrected chi connectivity index (χ3v) is 5.22. The normalized spacial score (nSPS) is 11.4. The van der Waals surface area contributed by atoms with E-state index in [1.54, 1.807) is 0 Å². The standard InChI is InChI=1S/C23H24O2S/c1-5-25-20-13-10-17(15-19(20)22(24)21-7-6-14-26-21)16-8-11-18(12-9-16)23(2,3)4/h6-15H,5H2,1-4H3. The first kappa shape index (κ1) is 18.4. The summed E-state index contributed by atoms with van der Waals surface area (Å²) < 4.78 is 5.69. The maximum atomic E-state index is 12.9. The average molecular weight is 365 g/mol. The van der Waals surface area contributed by atoms with Crippen LogP contribution < -0.4 is 4.74 Å². The molecule has 134 valence electrons. The van der Waals surface area contributed by atoms with E-state index >= 15 is 0 Å². The molecule has 0 saturated carbocycles. The van der Waals surface area contributed by atoms with Crippen LogP contribution in [0.1, 0.15) is 48.5 Å². The molecule has 0 aliphatic carbocycles. The first-order valence-corrected chi connectivity index (χ1v) is 9.74. The zero-order valence-electron chi connectivity index (χ0n) is 15.7. The van der Waals surface area contributed by atoms with Gasteiger partial charge in [-0.05, 0) is 52.6 Å². The van der Waals surface area contributed by atoms with E-state index in [9.17, 15) is 4.79 Å². The van der Waals surface area contributed by atoms with Crippen LogP contribution in [0.5, 0.6) is 5.75 Å². The van der Waals surface area contributed by atoms with Crippen LogP contribution in [0.15, 0.2) is 60.0 Å². The molecule has 0 amide bonds. The Labute approximate surface area is 159 Å². The molecule has 0 spiro atoms. The van der Waals surface area contributed by atoms with Gasteiger partial charge in [0, 0.05) is 0 Å². The lowest BCUT2D eigenvalue weighted by Gasteiger charge is -2.19. The molecule has 1 aromatic heterocycles.